The molecule has 0 aliphatic carbocycles. The number of nitrogens with zero attached hydrogens (tertiary/aromatic N) is 1. The Balaban J connectivity index is 2.45. The van der Waals surface area contributed by atoms with Gasteiger partial charge in [-0.1, -0.05) is 6.92 Å². The molecule has 0 bridgehead atoms. The molecule has 1 fully saturated rings. The van der Waals surface area contributed by atoms with E-state index in [1.54, 1.807) is 0 Å². The van der Waals surface area contributed by atoms with Gasteiger partial charge in [0.2, 0.25) is 5.91 Å². The van der Waals surface area contributed by atoms with Crippen molar-refractivity contribution in [3.05, 3.63) is 0 Å². The highest BCUT2D eigenvalue weighted by atomic mass is 16.2. The minimum atomic E-state index is -0.0293. The molecular formula is C13H27N3O. The summed E-state index contributed by atoms with van der Waals surface area (Å²) in [6, 6.07) is 0.235. The summed E-state index contributed by atoms with van der Waals surface area (Å²) in [6.07, 6.45) is 3.33. The maximum atomic E-state index is 12.0. The standard InChI is InChI=1S/C13H27N3O/c1-4-10(2)15-13(17)11(3)16-7-5-6-12(8-14)9-16/h10-12H,4-9,14H2,1-3H3,(H,15,17). The summed E-state index contributed by atoms with van der Waals surface area (Å²) in [6.45, 7) is 8.84. The monoisotopic (exact) mass is 241 g/mol. The van der Waals surface area contributed by atoms with Crippen LogP contribution in [0.4, 0.5) is 0 Å². The first kappa shape index (κ1) is 14.5. The van der Waals surface area contributed by atoms with Gasteiger partial charge >= 0.3 is 0 Å². The van der Waals surface area contributed by atoms with Gasteiger partial charge in [0.1, 0.15) is 0 Å². The fourth-order valence-electron chi connectivity index (χ4n) is 2.27. The summed E-state index contributed by atoms with van der Waals surface area (Å²) in [5, 5.41) is 3.05. The fraction of sp³-hybridized carbons (Fsp3) is 0.923. The van der Waals surface area contributed by atoms with Gasteiger partial charge in [0, 0.05) is 12.6 Å². The largest absolute Gasteiger partial charge is 0.352 e. The molecule has 1 aliphatic rings. The van der Waals surface area contributed by atoms with Crippen LogP contribution in [-0.2, 0) is 4.79 Å². The first-order chi connectivity index (χ1) is 8.08. The van der Waals surface area contributed by atoms with E-state index in [1.807, 2.05) is 13.8 Å². The average Bonchev–Trinajstić information content (AvgIpc) is 2.37. The zero-order chi connectivity index (χ0) is 12.8. The van der Waals surface area contributed by atoms with Crippen LogP contribution in [-0.4, -0.2) is 42.5 Å². The van der Waals surface area contributed by atoms with Gasteiger partial charge in [-0.3, -0.25) is 9.69 Å². The number of hydrogen-bond donors (Lipinski definition) is 2. The molecule has 0 radical (unpaired) electrons. The zero-order valence-electron chi connectivity index (χ0n) is 11.4. The third-order valence-corrected chi connectivity index (χ3v) is 3.81. The minimum absolute atomic E-state index is 0.0293. The Labute approximate surface area is 105 Å². The summed E-state index contributed by atoms with van der Waals surface area (Å²) >= 11 is 0. The second kappa shape index (κ2) is 6.97. The molecule has 1 saturated heterocycles. The van der Waals surface area contributed by atoms with Gasteiger partial charge in [-0.15, -0.1) is 0 Å². The molecule has 4 heteroatoms. The highest BCUT2D eigenvalue weighted by Crippen LogP contribution is 2.17. The summed E-state index contributed by atoms with van der Waals surface area (Å²) in [5.41, 5.74) is 5.72. The lowest BCUT2D eigenvalue weighted by atomic mass is 9.97. The number of amides is 1. The van der Waals surface area contributed by atoms with Gasteiger partial charge in [0.25, 0.3) is 0 Å². The van der Waals surface area contributed by atoms with Gasteiger partial charge in [0.05, 0.1) is 6.04 Å². The van der Waals surface area contributed by atoms with E-state index < -0.39 is 0 Å². The zero-order valence-corrected chi connectivity index (χ0v) is 11.4. The lowest BCUT2D eigenvalue weighted by Crippen LogP contribution is -2.51. The number of piperidine rings is 1. The van der Waals surface area contributed by atoms with Crippen LogP contribution in [0.25, 0.3) is 0 Å². The quantitative estimate of drug-likeness (QED) is 0.754. The Morgan fingerprint density at radius 1 is 1.53 bits per heavy atom. The van der Waals surface area contributed by atoms with Crippen LogP contribution in [0, 0.1) is 5.92 Å². The molecule has 1 amide bonds. The van der Waals surface area contributed by atoms with Crippen molar-refractivity contribution < 1.29 is 4.79 Å². The molecule has 1 rings (SSSR count). The first-order valence-corrected chi connectivity index (χ1v) is 6.83. The number of rotatable bonds is 5. The highest BCUT2D eigenvalue weighted by molar-refractivity contribution is 5.81. The Kier molecular flexibility index (Phi) is 5.92. The summed E-state index contributed by atoms with van der Waals surface area (Å²) in [7, 11) is 0. The van der Waals surface area contributed by atoms with Crippen molar-refractivity contribution in [2.75, 3.05) is 19.6 Å². The Bertz CT molecular complexity index is 245. The molecule has 3 N–H and O–H groups in total. The summed E-state index contributed by atoms with van der Waals surface area (Å²) in [4.78, 5) is 14.3. The number of nitrogens with two attached hydrogens (primary N) is 1. The molecule has 0 spiro atoms. The van der Waals surface area contributed by atoms with Crippen LogP contribution in [0.15, 0.2) is 0 Å². The lowest BCUT2D eigenvalue weighted by molar-refractivity contribution is -0.127. The third-order valence-electron chi connectivity index (χ3n) is 3.81. The van der Waals surface area contributed by atoms with Crippen molar-refractivity contribution in [2.24, 2.45) is 11.7 Å². The first-order valence-electron chi connectivity index (χ1n) is 6.83. The van der Waals surface area contributed by atoms with Crippen molar-refractivity contribution in [1.29, 1.82) is 0 Å². The van der Waals surface area contributed by atoms with Crippen LogP contribution in [0.3, 0.4) is 0 Å². The van der Waals surface area contributed by atoms with Crippen LogP contribution < -0.4 is 11.1 Å². The Morgan fingerprint density at radius 2 is 2.24 bits per heavy atom. The van der Waals surface area contributed by atoms with Crippen molar-refractivity contribution >= 4 is 5.91 Å². The highest BCUT2D eigenvalue weighted by Gasteiger charge is 2.26. The van der Waals surface area contributed by atoms with Gasteiger partial charge in [-0.2, -0.15) is 0 Å². The number of nitrogens with one attached hydrogen (secondary N) is 1. The molecule has 0 aromatic heterocycles. The fourth-order valence-corrected chi connectivity index (χ4v) is 2.27. The molecule has 3 unspecified atom stereocenters. The number of hydrogen-bond acceptors (Lipinski definition) is 3. The predicted molar refractivity (Wildman–Crippen MR) is 70.7 cm³/mol. The average molecular weight is 241 g/mol. The SMILES string of the molecule is CCC(C)NC(=O)C(C)N1CCCC(CN)C1. The predicted octanol–water partition coefficient (Wildman–Crippen LogP) is 0.960. The molecule has 1 heterocycles. The van der Waals surface area contributed by atoms with Crippen LogP contribution in [0.5, 0.6) is 0 Å². The number of carbonyl (C=O) groups excluding carboxylic acids is 1. The second-order valence-corrected chi connectivity index (χ2v) is 5.23. The molecule has 0 aromatic carbocycles. The van der Waals surface area contributed by atoms with E-state index in [0.29, 0.717) is 5.92 Å². The number of carbonyl (C=O) groups is 1. The Hall–Kier alpha value is -0.610. The van der Waals surface area contributed by atoms with Gasteiger partial charge in [-0.25, -0.2) is 0 Å². The van der Waals surface area contributed by atoms with E-state index >= 15 is 0 Å². The molecule has 0 saturated carbocycles. The lowest BCUT2D eigenvalue weighted by Gasteiger charge is -2.36. The van der Waals surface area contributed by atoms with Gasteiger partial charge in [0.15, 0.2) is 0 Å². The van der Waals surface area contributed by atoms with E-state index in [4.69, 9.17) is 5.73 Å². The molecule has 3 atom stereocenters. The van der Waals surface area contributed by atoms with Crippen LogP contribution >= 0.6 is 0 Å². The smallest absolute Gasteiger partial charge is 0.237 e. The van der Waals surface area contributed by atoms with Gasteiger partial charge < -0.3 is 11.1 Å². The van der Waals surface area contributed by atoms with Crippen molar-refractivity contribution in [2.45, 2.75) is 52.1 Å². The van der Waals surface area contributed by atoms with Gasteiger partial charge in [-0.05, 0) is 52.1 Å². The van der Waals surface area contributed by atoms with E-state index in [1.165, 1.54) is 6.42 Å². The molecule has 100 valence electrons. The third kappa shape index (κ3) is 4.28. The summed E-state index contributed by atoms with van der Waals surface area (Å²) < 4.78 is 0. The molecular weight excluding hydrogens is 214 g/mol. The molecule has 0 aromatic rings. The number of likely N-dealkylation sites (tertiary alicyclic amines) is 1. The minimum Gasteiger partial charge on any atom is -0.352 e. The van der Waals surface area contributed by atoms with E-state index in [0.717, 1.165) is 32.5 Å². The molecule has 1 aliphatic heterocycles. The van der Waals surface area contributed by atoms with Crippen LogP contribution in [0.2, 0.25) is 0 Å². The van der Waals surface area contributed by atoms with E-state index in [2.05, 4.69) is 17.1 Å². The second-order valence-electron chi connectivity index (χ2n) is 5.23. The Morgan fingerprint density at radius 3 is 2.82 bits per heavy atom. The maximum absolute atomic E-state index is 12.0. The van der Waals surface area contributed by atoms with Crippen molar-refractivity contribution in [3.8, 4) is 0 Å². The molecule has 17 heavy (non-hydrogen) atoms. The summed E-state index contributed by atoms with van der Waals surface area (Å²) in [5.74, 6) is 0.708. The molecule has 4 nitrogen and oxygen atoms in total. The van der Waals surface area contributed by atoms with Crippen LogP contribution in [0.1, 0.15) is 40.0 Å². The van der Waals surface area contributed by atoms with E-state index in [9.17, 15) is 4.79 Å². The van der Waals surface area contributed by atoms with Crippen molar-refractivity contribution in [3.63, 3.8) is 0 Å². The van der Waals surface area contributed by atoms with E-state index in [-0.39, 0.29) is 18.0 Å². The van der Waals surface area contributed by atoms with Crippen molar-refractivity contribution in [1.82, 2.24) is 10.2 Å². The maximum Gasteiger partial charge on any atom is 0.237 e. The normalized spacial score (nSPS) is 25.3. The topological polar surface area (TPSA) is 58.4 Å².